The Balaban J connectivity index is 1.87. The molecule has 0 saturated carbocycles. The van der Waals surface area contributed by atoms with Gasteiger partial charge in [0.2, 0.25) is 0 Å². The number of aliphatic carboxylic acids is 1. The highest BCUT2D eigenvalue weighted by Gasteiger charge is 2.33. The third kappa shape index (κ3) is 2.62. The van der Waals surface area contributed by atoms with E-state index in [0.29, 0.717) is 19.6 Å². The van der Waals surface area contributed by atoms with Crippen molar-refractivity contribution < 1.29 is 9.90 Å². The molecule has 1 aromatic heterocycles. The summed E-state index contributed by atoms with van der Waals surface area (Å²) in [5.74, 6) is 0.800. The molecule has 0 radical (unpaired) electrons. The van der Waals surface area contributed by atoms with Crippen LogP contribution in [0.4, 0.5) is 0 Å². The first-order valence-corrected chi connectivity index (χ1v) is 7.37. The molecule has 2 aromatic rings. The number of rotatable bonds is 3. The Morgan fingerprint density at radius 3 is 2.73 bits per heavy atom. The van der Waals surface area contributed by atoms with Gasteiger partial charge >= 0.3 is 5.97 Å². The SMILES string of the molecule is Cc1ccc(CN2Cc3nnc(C)n3CC2C(=O)O)cc1C. The zero-order valence-corrected chi connectivity index (χ0v) is 13.1. The van der Waals surface area contributed by atoms with E-state index < -0.39 is 12.0 Å². The van der Waals surface area contributed by atoms with Gasteiger partial charge in [-0.25, -0.2) is 0 Å². The normalized spacial score (nSPS) is 18.2. The van der Waals surface area contributed by atoms with Crippen molar-refractivity contribution in [3.8, 4) is 0 Å². The molecule has 0 bridgehead atoms. The molecule has 1 N–H and O–H groups in total. The van der Waals surface area contributed by atoms with Crippen LogP contribution in [0.3, 0.4) is 0 Å². The first-order valence-electron chi connectivity index (χ1n) is 7.37. The molecular formula is C16H20N4O2. The van der Waals surface area contributed by atoms with Gasteiger partial charge < -0.3 is 9.67 Å². The number of aromatic nitrogens is 3. The van der Waals surface area contributed by atoms with Crippen LogP contribution in [-0.2, 0) is 24.4 Å². The zero-order valence-electron chi connectivity index (χ0n) is 13.1. The van der Waals surface area contributed by atoms with Crippen LogP contribution >= 0.6 is 0 Å². The van der Waals surface area contributed by atoms with Crippen LogP contribution < -0.4 is 0 Å². The van der Waals surface area contributed by atoms with Crippen molar-refractivity contribution in [2.45, 2.75) is 46.4 Å². The van der Waals surface area contributed by atoms with Crippen molar-refractivity contribution in [1.82, 2.24) is 19.7 Å². The second-order valence-corrected chi connectivity index (χ2v) is 5.95. The summed E-state index contributed by atoms with van der Waals surface area (Å²) in [6.07, 6.45) is 0. The predicted octanol–water partition coefficient (Wildman–Crippen LogP) is 1.67. The van der Waals surface area contributed by atoms with Crippen LogP contribution in [0.1, 0.15) is 28.3 Å². The monoisotopic (exact) mass is 300 g/mol. The second kappa shape index (κ2) is 5.53. The maximum atomic E-state index is 11.6. The van der Waals surface area contributed by atoms with Crippen LogP contribution in [0.25, 0.3) is 0 Å². The van der Waals surface area contributed by atoms with Gasteiger partial charge in [-0.05, 0) is 37.5 Å². The lowest BCUT2D eigenvalue weighted by Crippen LogP contribution is -2.47. The summed E-state index contributed by atoms with van der Waals surface area (Å²) in [4.78, 5) is 13.6. The fourth-order valence-electron chi connectivity index (χ4n) is 2.90. The highest BCUT2D eigenvalue weighted by atomic mass is 16.4. The number of nitrogens with zero attached hydrogens (tertiary/aromatic N) is 4. The summed E-state index contributed by atoms with van der Waals surface area (Å²) in [6.45, 7) is 7.51. The molecule has 1 aromatic carbocycles. The fourth-order valence-corrected chi connectivity index (χ4v) is 2.90. The first kappa shape index (κ1) is 14.7. The molecule has 0 aliphatic carbocycles. The van der Waals surface area contributed by atoms with Crippen molar-refractivity contribution in [2.75, 3.05) is 0 Å². The highest BCUT2D eigenvalue weighted by molar-refractivity contribution is 5.73. The van der Waals surface area contributed by atoms with E-state index in [1.807, 2.05) is 16.4 Å². The van der Waals surface area contributed by atoms with E-state index in [1.54, 1.807) is 0 Å². The van der Waals surface area contributed by atoms with Gasteiger partial charge in [-0.15, -0.1) is 10.2 Å². The predicted molar refractivity (Wildman–Crippen MR) is 81.3 cm³/mol. The van der Waals surface area contributed by atoms with Crippen LogP contribution in [0, 0.1) is 20.8 Å². The van der Waals surface area contributed by atoms with E-state index in [4.69, 9.17) is 0 Å². The van der Waals surface area contributed by atoms with Crippen molar-refractivity contribution in [3.05, 3.63) is 46.5 Å². The minimum Gasteiger partial charge on any atom is -0.480 e. The largest absolute Gasteiger partial charge is 0.480 e. The van der Waals surface area contributed by atoms with Gasteiger partial charge in [0.1, 0.15) is 17.7 Å². The fraction of sp³-hybridized carbons (Fsp3) is 0.438. The summed E-state index contributed by atoms with van der Waals surface area (Å²) in [7, 11) is 0. The number of fused-ring (bicyclic) bond motifs is 1. The van der Waals surface area contributed by atoms with E-state index in [-0.39, 0.29) is 0 Å². The lowest BCUT2D eigenvalue weighted by molar-refractivity contribution is -0.145. The molecule has 0 fully saturated rings. The van der Waals surface area contributed by atoms with E-state index in [2.05, 4.69) is 42.2 Å². The average molecular weight is 300 g/mol. The third-order valence-electron chi connectivity index (χ3n) is 4.40. The average Bonchev–Trinajstić information content (AvgIpc) is 2.83. The maximum absolute atomic E-state index is 11.6. The van der Waals surface area contributed by atoms with Crippen LogP contribution in [0.5, 0.6) is 0 Å². The number of aryl methyl sites for hydroxylation is 3. The van der Waals surface area contributed by atoms with Crippen molar-refractivity contribution in [2.24, 2.45) is 0 Å². The van der Waals surface area contributed by atoms with Gasteiger partial charge in [0.05, 0.1) is 13.1 Å². The molecule has 6 nitrogen and oxygen atoms in total. The summed E-state index contributed by atoms with van der Waals surface area (Å²) < 4.78 is 1.90. The topological polar surface area (TPSA) is 71.2 Å². The number of carboxylic acids is 1. The van der Waals surface area contributed by atoms with Gasteiger partial charge in [0.25, 0.3) is 0 Å². The number of hydrogen-bond donors (Lipinski definition) is 1. The maximum Gasteiger partial charge on any atom is 0.322 e. The zero-order chi connectivity index (χ0) is 15.9. The minimum atomic E-state index is -0.803. The van der Waals surface area contributed by atoms with Gasteiger partial charge in [-0.2, -0.15) is 0 Å². The summed E-state index contributed by atoms with van der Waals surface area (Å²) in [5, 5.41) is 17.7. The molecule has 1 atom stereocenters. The van der Waals surface area contributed by atoms with Crippen LogP contribution in [0.15, 0.2) is 18.2 Å². The molecule has 2 heterocycles. The van der Waals surface area contributed by atoms with E-state index in [9.17, 15) is 9.90 Å². The molecular weight excluding hydrogens is 280 g/mol. The molecule has 6 heteroatoms. The lowest BCUT2D eigenvalue weighted by Gasteiger charge is -2.33. The van der Waals surface area contributed by atoms with Gasteiger partial charge in [0, 0.05) is 6.54 Å². The van der Waals surface area contributed by atoms with Crippen LogP contribution in [-0.4, -0.2) is 36.8 Å². The molecule has 22 heavy (non-hydrogen) atoms. The Morgan fingerprint density at radius 1 is 1.27 bits per heavy atom. The molecule has 1 aliphatic heterocycles. The molecule has 3 rings (SSSR count). The van der Waals surface area contributed by atoms with E-state index in [1.165, 1.54) is 11.1 Å². The first-order chi connectivity index (χ1) is 10.5. The quantitative estimate of drug-likeness (QED) is 0.933. The smallest absolute Gasteiger partial charge is 0.322 e. The van der Waals surface area contributed by atoms with E-state index >= 15 is 0 Å². The number of carboxylic acid groups (broad SMARTS) is 1. The van der Waals surface area contributed by atoms with Crippen molar-refractivity contribution in [3.63, 3.8) is 0 Å². The van der Waals surface area contributed by atoms with Gasteiger partial charge in [-0.3, -0.25) is 9.69 Å². The van der Waals surface area contributed by atoms with Crippen molar-refractivity contribution in [1.29, 1.82) is 0 Å². The second-order valence-electron chi connectivity index (χ2n) is 5.95. The summed E-state index contributed by atoms with van der Waals surface area (Å²) in [5.41, 5.74) is 3.59. The summed E-state index contributed by atoms with van der Waals surface area (Å²) >= 11 is 0. The number of carbonyl (C=O) groups is 1. The van der Waals surface area contributed by atoms with Gasteiger partial charge in [-0.1, -0.05) is 18.2 Å². The molecule has 0 saturated heterocycles. The number of benzene rings is 1. The Hall–Kier alpha value is -2.21. The lowest BCUT2D eigenvalue weighted by atomic mass is 10.0. The molecule has 0 spiro atoms. The van der Waals surface area contributed by atoms with Crippen molar-refractivity contribution >= 4 is 5.97 Å². The molecule has 1 aliphatic rings. The molecule has 1 unspecified atom stereocenters. The van der Waals surface area contributed by atoms with Crippen LogP contribution in [0.2, 0.25) is 0 Å². The molecule has 116 valence electrons. The Labute approximate surface area is 129 Å². The highest BCUT2D eigenvalue weighted by Crippen LogP contribution is 2.21. The Morgan fingerprint density at radius 2 is 2.05 bits per heavy atom. The Kier molecular flexibility index (Phi) is 3.70. The minimum absolute atomic E-state index is 0.397. The molecule has 0 amide bonds. The standard InChI is InChI=1S/C16H20N4O2/c1-10-4-5-13(6-11(10)2)7-19-9-15-18-17-12(3)20(15)8-14(19)16(21)22/h4-6,14H,7-9H2,1-3H3,(H,21,22). The summed E-state index contributed by atoms with van der Waals surface area (Å²) in [6, 6.07) is 5.71. The number of hydrogen-bond acceptors (Lipinski definition) is 4. The van der Waals surface area contributed by atoms with Gasteiger partial charge in [0.15, 0.2) is 0 Å². The third-order valence-corrected chi connectivity index (χ3v) is 4.40. The van der Waals surface area contributed by atoms with E-state index in [0.717, 1.165) is 17.2 Å². The Bertz CT molecular complexity index is 723.